The maximum atomic E-state index is 13.4. The largest absolute Gasteiger partial charge is 0.412 e. The highest BCUT2D eigenvalue weighted by Crippen LogP contribution is 2.42. The molecule has 0 bridgehead atoms. The lowest BCUT2D eigenvalue weighted by Crippen LogP contribution is -2.39. The molecule has 4 nitrogen and oxygen atoms in total. The molecule has 4 aromatic carbocycles. The summed E-state index contributed by atoms with van der Waals surface area (Å²) in [5.74, 6) is -0.519. The first-order valence-corrected chi connectivity index (χ1v) is 13.9. The third-order valence-electron chi connectivity index (χ3n) is 6.03. The molecule has 11 heteroatoms. The quantitative estimate of drug-likeness (QED) is 0.141. The van der Waals surface area contributed by atoms with Crippen LogP contribution in [0.4, 0.5) is 26.3 Å². The lowest BCUT2D eigenvalue weighted by molar-refractivity contribution is -0.162. The number of alkyl halides is 6. The molecule has 0 saturated carbocycles. The summed E-state index contributed by atoms with van der Waals surface area (Å²) in [5, 5.41) is 4.26. The van der Waals surface area contributed by atoms with Gasteiger partial charge < -0.3 is 14.4 Å². The Labute approximate surface area is 234 Å². The Morgan fingerprint density at radius 3 is 1.90 bits per heavy atom. The molecule has 1 N–H and O–H groups in total. The van der Waals surface area contributed by atoms with Gasteiger partial charge in [-0.1, -0.05) is 91.0 Å². The topological polar surface area (TPSA) is 47.6 Å². The van der Waals surface area contributed by atoms with Crippen LogP contribution in [0.5, 0.6) is 0 Å². The van der Waals surface area contributed by atoms with Crippen molar-refractivity contribution in [3.05, 3.63) is 108 Å². The van der Waals surface area contributed by atoms with Crippen molar-refractivity contribution in [3.8, 4) is 11.1 Å². The molecule has 4 aromatic rings. The van der Waals surface area contributed by atoms with Gasteiger partial charge in [0.15, 0.2) is 8.38 Å². The Morgan fingerprint density at radius 2 is 1.27 bits per heavy atom. The van der Waals surface area contributed by atoms with E-state index in [1.54, 1.807) is 36.4 Å². The summed E-state index contributed by atoms with van der Waals surface area (Å²) < 4.78 is 86.8. The molecule has 0 fully saturated rings. The molecule has 0 aliphatic heterocycles. The number of nitrogens with one attached hydrogen (secondary N) is 1. The highest BCUT2D eigenvalue weighted by atomic mass is 31.2. The van der Waals surface area contributed by atoms with E-state index >= 15 is 0 Å². The summed E-state index contributed by atoms with van der Waals surface area (Å²) in [7, 11) is -2.66. The number of hydrogen-bond acceptors (Lipinski definition) is 3. The highest BCUT2D eigenvalue weighted by Gasteiger charge is 2.34. The lowest BCUT2D eigenvalue weighted by atomic mass is 10.0. The average Bonchev–Trinajstić information content (AvgIpc) is 2.94. The standard InChI is InChI=1S/C30H26F6NO3P/c31-29(32,33)19-39-41(40-20-30(34,35)36)18-25(17-21-13-15-23(16-14-21)22-7-2-1-3-8-22)37-28(38)27-12-6-10-24-9-4-5-11-26(24)27/h1-16,25H,17-20H2,(H,37,38). The van der Waals surface area contributed by atoms with Gasteiger partial charge in [-0.25, -0.2) is 0 Å². The fourth-order valence-electron chi connectivity index (χ4n) is 4.21. The second-order valence-electron chi connectivity index (χ2n) is 9.26. The van der Waals surface area contributed by atoms with E-state index in [4.69, 9.17) is 9.05 Å². The van der Waals surface area contributed by atoms with Gasteiger partial charge in [-0.2, -0.15) is 26.3 Å². The van der Waals surface area contributed by atoms with E-state index in [9.17, 15) is 31.1 Å². The molecule has 0 spiro atoms. The monoisotopic (exact) mass is 593 g/mol. The zero-order valence-electron chi connectivity index (χ0n) is 21.6. The second kappa shape index (κ2) is 13.5. The average molecular weight is 594 g/mol. The van der Waals surface area contributed by atoms with Gasteiger partial charge in [0.2, 0.25) is 0 Å². The SMILES string of the molecule is O=C(NC(Cc1ccc(-c2ccccc2)cc1)CP(OCC(F)(F)F)OCC(F)(F)F)c1cccc2ccccc12. The first-order chi connectivity index (χ1) is 19.5. The van der Waals surface area contributed by atoms with E-state index < -0.39 is 52.1 Å². The van der Waals surface area contributed by atoms with Crippen molar-refractivity contribution in [3.63, 3.8) is 0 Å². The normalized spacial score (nSPS) is 13.0. The zero-order chi connectivity index (χ0) is 29.5. The number of halogens is 6. The first-order valence-electron chi connectivity index (χ1n) is 12.6. The third-order valence-corrected chi connectivity index (χ3v) is 7.60. The Bertz CT molecular complexity index is 1410. The summed E-state index contributed by atoms with van der Waals surface area (Å²) in [6, 6.07) is 28.3. The van der Waals surface area contributed by atoms with Crippen molar-refractivity contribution in [1.29, 1.82) is 0 Å². The number of carbonyl (C=O) groups excluding carboxylic acids is 1. The van der Waals surface area contributed by atoms with Crippen LogP contribution in [0.1, 0.15) is 15.9 Å². The molecule has 0 heterocycles. The maximum Gasteiger partial charge on any atom is 0.412 e. The van der Waals surface area contributed by atoms with Crippen LogP contribution in [-0.2, 0) is 15.5 Å². The fraction of sp³-hybridized carbons (Fsp3) is 0.233. The smallest absolute Gasteiger partial charge is 0.348 e. The van der Waals surface area contributed by atoms with Crippen molar-refractivity contribution in [2.45, 2.75) is 24.8 Å². The van der Waals surface area contributed by atoms with Crippen LogP contribution in [0, 0.1) is 0 Å². The molecule has 41 heavy (non-hydrogen) atoms. The number of hydrogen-bond donors (Lipinski definition) is 1. The Balaban J connectivity index is 1.58. The number of rotatable bonds is 11. The summed E-state index contributed by atoms with van der Waals surface area (Å²) >= 11 is 0. The van der Waals surface area contributed by atoms with E-state index in [1.165, 1.54) is 0 Å². The molecular formula is C30H26F6NO3P. The van der Waals surface area contributed by atoms with Crippen LogP contribution < -0.4 is 5.32 Å². The predicted molar refractivity (Wildman–Crippen MR) is 147 cm³/mol. The van der Waals surface area contributed by atoms with Crippen LogP contribution in [-0.4, -0.2) is 43.7 Å². The molecule has 1 unspecified atom stereocenters. The summed E-state index contributed by atoms with van der Waals surface area (Å²) in [4.78, 5) is 13.4. The molecule has 0 aliphatic rings. The van der Waals surface area contributed by atoms with Gasteiger partial charge in [0.05, 0.1) is 0 Å². The molecule has 4 rings (SSSR count). The van der Waals surface area contributed by atoms with Crippen LogP contribution in [0.15, 0.2) is 97.1 Å². The van der Waals surface area contributed by atoms with Crippen LogP contribution in [0.2, 0.25) is 0 Å². The van der Waals surface area contributed by atoms with E-state index in [2.05, 4.69) is 5.32 Å². The molecule has 0 aromatic heterocycles. The molecule has 1 amide bonds. The van der Waals surface area contributed by atoms with E-state index in [1.807, 2.05) is 60.7 Å². The van der Waals surface area contributed by atoms with Gasteiger partial charge in [0.1, 0.15) is 13.2 Å². The van der Waals surface area contributed by atoms with Gasteiger partial charge in [-0.05, 0) is 39.9 Å². The number of benzene rings is 4. The van der Waals surface area contributed by atoms with Crippen molar-refractivity contribution in [2.24, 2.45) is 0 Å². The van der Waals surface area contributed by atoms with Crippen LogP contribution in [0.3, 0.4) is 0 Å². The fourth-order valence-corrected chi connectivity index (χ4v) is 5.66. The van der Waals surface area contributed by atoms with Crippen molar-refractivity contribution in [2.75, 3.05) is 19.4 Å². The first kappa shape index (κ1) is 30.5. The van der Waals surface area contributed by atoms with Gasteiger partial charge in [-0.15, -0.1) is 0 Å². The minimum atomic E-state index is -4.77. The van der Waals surface area contributed by atoms with Crippen molar-refractivity contribution < 1.29 is 40.2 Å². The van der Waals surface area contributed by atoms with Crippen LogP contribution in [0.25, 0.3) is 21.9 Å². The highest BCUT2D eigenvalue weighted by molar-refractivity contribution is 7.47. The molecule has 1 atom stereocenters. The Morgan fingerprint density at radius 1 is 0.707 bits per heavy atom. The van der Waals surface area contributed by atoms with Gasteiger partial charge in [0, 0.05) is 17.8 Å². The van der Waals surface area contributed by atoms with Gasteiger partial charge in [-0.3, -0.25) is 4.79 Å². The molecule has 216 valence electrons. The minimum absolute atomic E-state index is 0.120. The van der Waals surface area contributed by atoms with Crippen LogP contribution >= 0.6 is 8.38 Å². The molecule has 0 saturated heterocycles. The van der Waals surface area contributed by atoms with Crippen molar-refractivity contribution >= 4 is 25.1 Å². The third kappa shape index (κ3) is 9.56. The van der Waals surface area contributed by atoms with E-state index in [0.29, 0.717) is 10.9 Å². The molecule has 0 aliphatic carbocycles. The summed E-state index contributed by atoms with van der Waals surface area (Å²) in [6.45, 7) is -3.54. The summed E-state index contributed by atoms with van der Waals surface area (Å²) in [6.07, 6.45) is -9.80. The predicted octanol–water partition coefficient (Wildman–Crippen LogP) is 8.32. The van der Waals surface area contributed by atoms with Gasteiger partial charge >= 0.3 is 12.4 Å². The number of carbonyl (C=O) groups is 1. The minimum Gasteiger partial charge on any atom is -0.348 e. The van der Waals surface area contributed by atoms with Crippen molar-refractivity contribution in [1.82, 2.24) is 5.32 Å². The zero-order valence-corrected chi connectivity index (χ0v) is 22.5. The maximum absolute atomic E-state index is 13.4. The lowest BCUT2D eigenvalue weighted by Gasteiger charge is -2.25. The Hall–Kier alpha value is -3.46. The molecule has 0 radical (unpaired) electrons. The Kier molecular flexibility index (Phi) is 10.0. The van der Waals surface area contributed by atoms with Gasteiger partial charge in [0.25, 0.3) is 5.91 Å². The second-order valence-corrected chi connectivity index (χ2v) is 10.8. The number of amides is 1. The summed E-state index contributed by atoms with van der Waals surface area (Å²) in [5.41, 5.74) is 2.94. The molecular weight excluding hydrogens is 567 g/mol. The van der Waals surface area contributed by atoms with E-state index in [-0.39, 0.29) is 6.42 Å². The number of fused-ring (bicyclic) bond motifs is 1. The van der Waals surface area contributed by atoms with E-state index in [0.717, 1.165) is 22.1 Å².